The molecule has 1 N–H and O–H groups in total. The second kappa shape index (κ2) is 4.58. The molecule has 1 aromatic carbocycles. The van der Waals surface area contributed by atoms with Crippen molar-refractivity contribution in [3.8, 4) is 0 Å². The van der Waals surface area contributed by atoms with Crippen molar-refractivity contribution in [2.24, 2.45) is 5.92 Å². The first-order valence-corrected chi connectivity index (χ1v) is 6.88. The molecule has 0 bridgehead atoms. The number of hydrogen-bond acceptors (Lipinski definition) is 2. The minimum atomic E-state index is -0.568. The third-order valence-electron chi connectivity index (χ3n) is 4.08. The first kappa shape index (κ1) is 13.1. The highest BCUT2D eigenvalue weighted by Crippen LogP contribution is 2.36. The molecule has 1 heterocycles. The van der Waals surface area contributed by atoms with E-state index in [9.17, 15) is 14.0 Å². The molecule has 3 rings (SSSR count). The summed E-state index contributed by atoms with van der Waals surface area (Å²) in [4.78, 5) is 26.2. The average molecular weight is 276 g/mol. The molecule has 1 aliphatic carbocycles. The Morgan fingerprint density at radius 1 is 1.30 bits per heavy atom. The SMILES string of the molecule is Cc1cc(F)ccc1N1C(=O)C(C2CC2)NC(=O)C1C. The average Bonchev–Trinajstić information content (AvgIpc) is 3.21. The zero-order valence-electron chi connectivity index (χ0n) is 11.5. The number of halogens is 1. The van der Waals surface area contributed by atoms with E-state index in [4.69, 9.17) is 0 Å². The molecular weight excluding hydrogens is 259 g/mol. The summed E-state index contributed by atoms with van der Waals surface area (Å²) in [5.41, 5.74) is 1.28. The molecule has 2 amide bonds. The highest BCUT2D eigenvalue weighted by Gasteiger charge is 2.46. The van der Waals surface area contributed by atoms with Gasteiger partial charge >= 0.3 is 0 Å². The quantitative estimate of drug-likeness (QED) is 0.895. The maximum atomic E-state index is 13.2. The molecule has 106 valence electrons. The van der Waals surface area contributed by atoms with Gasteiger partial charge in [0.2, 0.25) is 5.91 Å². The second-order valence-electron chi connectivity index (χ2n) is 5.64. The van der Waals surface area contributed by atoms with Crippen molar-refractivity contribution in [3.63, 3.8) is 0 Å². The minimum Gasteiger partial charge on any atom is -0.342 e. The summed E-state index contributed by atoms with van der Waals surface area (Å²) in [7, 11) is 0. The van der Waals surface area contributed by atoms with Crippen LogP contribution in [-0.2, 0) is 9.59 Å². The predicted molar refractivity (Wildman–Crippen MR) is 72.7 cm³/mol. The maximum Gasteiger partial charge on any atom is 0.250 e. The molecule has 2 unspecified atom stereocenters. The van der Waals surface area contributed by atoms with E-state index in [2.05, 4.69) is 5.32 Å². The summed E-state index contributed by atoms with van der Waals surface area (Å²) in [6, 6.07) is 3.28. The Bertz CT molecular complexity index is 583. The molecular formula is C15H17FN2O2. The monoisotopic (exact) mass is 276 g/mol. The first-order valence-electron chi connectivity index (χ1n) is 6.88. The molecule has 1 saturated heterocycles. The van der Waals surface area contributed by atoms with Crippen molar-refractivity contribution in [2.75, 3.05) is 4.90 Å². The van der Waals surface area contributed by atoms with E-state index >= 15 is 0 Å². The van der Waals surface area contributed by atoms with Crippen molar-refractivity contribution in [1.82, 2.24) is 5.32 Å². The van der Waals surface area contributed by atoms with Gasteiger partial charge in [0.25, 0.3) is 5.91 Å². The van der Waals surface area contributed by atoms with Crippen LogP contribution in [0.25, 0.3) is 0 Å². The van der Waals surface area contributed by atoms with Gasteiger partial charge in [-0.3, -0.25) is 14.5 Å². The van der Waals surface area contributed by atoms with E-state index < -0.39 is 12.1 Å². The Balaban J connectivity index is 1.99. The minimum absolute atomic E-state index is 0.0886. The van der Waals surface area contributed by atoms with Crippen LogP contribution in [0.1, 0.15) is 25.3 Å². The van der Waals surface area contributed by atoms with Gasteiger partial charge < -0.3 is 5.32 Å². The van der Waals surface area contributed by atoms with Gasteiger partial charge in [-0.15, -0.1) is 0 Å². The number of piperazine rings is 1. The van der Waals surface area contributed by atoms with Crippen LogP contribution < -0.4 is 10.2 Å². The fourth-order valence-corrected chi connectivity index (χ4v) is 2.76. The number of hydrogen-bond donors (Lipinski definition) is 1. The Morgan fingerprint density at radius 3 is 2.60 bits per heavy atom. The molecule has 2 fully saturated rings. The lowest BCUT2D eigenvalue weighted by Crippen LogP contribution is -2.63. The van der Waals surface area contributed by atoms with Crippen LogP contribution in [0.5, 0.6) is 0 Å². The molecule has 1 aromatic rings. The number of aryl methyl sites for hydroxylation is 1. The summed E-state index contributed by atoms with van der Waals surface area (Å²) < 4.78 is 13.2. The molecule has 0 spiro atoms. The molecule has 4 nitrogen and oxygen atoms in total. The predicted octanol–water partition coefficient (Wildman–Crippen LogP) is 1.76. The van der Waals surface area contributed by atoms with Crippen LogP contribution in [0, 0.1) is 18.7 Å². The number of anilines is 1. The smallest absolute Gasteiger partial charge is 0.250 e. The van der Waals surface area contributed by atoms with Crippen LogP contribution in [-0.4, -0.2) is 23.9 Å². The van der Waals surface area contributed by atoms with E-state index in [0.717, 1.165) is 12.8 Å². The van der Waals surface area contributed by atoms with E-state index in [1.54, 1.807) is 19.9 Å². The molecule has 2 atom stereocenters. The van der Waals surface area contributed by atoms with Gasteiger partial charge in [0.05, 0.1) is 0 Å². The molecule has 0 aromatic heterocycles. The van der Waals surface area contributed by atoms with Gasteiger partial charge in [0.1, 0.15) is 17.9 Å². The summed E-state index contributed by atoms with van der Waals surface area (Å²) in [6.45, 7) is 3.44. The number of carbonyl (C=O) groups excluding carboxylic acids is 2. The fourth-order valence-electron chi connectivity index (χ4n) is 2.76. The Kier molecular flexibility index (Phi) is 3.00. The Hall–Kier alpha value is -1.91. The van der Waals surface area contributed by atoms with Crippen LogP contribution in [0.15, 0.2) is 18.2 Å². The number of rotatable bonds is 2. The highest BCUT2D eigenvalue weighted by molar-refractivity contribution is 6.08. The number of nitrogens with zero attached hydrogens (tertiary/aromatic N) is 1. The Morgan fingerprint density at radius 2 is 2.00 bits per heavy atom. The zero-order chi connectivity index (χ0) is 14.4. The van der Waals surface area contributed by atoms with Gasteiger partial charge in [-0.25, -0.2) is 4.39 Å². The van der Waals surface area contributed by atoms with Gasteiger partial charge in [0, 0.05) is 5.69 Å². The standard InChI is InChI=1S/C15H17FN2O2/c1-8-7-11(16)5-6-12(8)18-9(2)14(19)17-13(15(18)20)10-3-4-10/h5-7,9-10,13H,3-4H2,1-2H3,(H,17,19). The second-order valence-corrected chi connectivity index (χ2v) is 5.64. The summed E-state index contributed by atoms with van der Waals surface area (Å²) in [5.74, 6) is -0.326. The van der Waals surface area contributed by atoms with E-state index in [1.165, 1.54) is 17.0 Å². The molecule has 1 saturated carbocycles. The molecule has 1 aliphatic heterocycles. The maximum absolute atomic E-state index is 13.2. The van der Waals surface area contributed by atoms with Crippen molar-refractivity contribution in [2.45, 2.75) is 38.8 Å². The molecule has 20 heavy (non-hydrogen) atoms. The fraction of sp³-hybridized carbons (Fsp3) is 0.467. The Labute approximate surface area is 117 Å². The highest BCUT2D eigenvalue weighted by atomic mass is 19.1. The lowest BCUT2D eigenvalue weighted by atomic mass is 10.0. The summed E-state index contributed by atoms with van der Waals surface area (Å²) in [5, 5.41) is 2.80. The number of carbonyl (C=O) groups is 2. The molecule has 0 radical (unpaired) electrons. The molecule has 2 aliphatic rings. The van der Waals surface area contributed by atoms with Crippen molar-refractivity contribution < 1.29 is 14.0 Å². The number of amides is 2. The number of benzene rings is 1. The summed E-state index contributed by atoms with van der Waals surface area (Å²) >= 11 is 0. The van der Waals surface area contributed by atoms with Crippen molar-refractivity contribution >= 4 is 17.5 Å². The summed E-state index contributed by atoms with van der Waals surface area (Å²) in [6.07, 6.45) is 1.95. The first-order chi connectivity index (χ1) is 9.49. The van der Waals surface area contributed by atoms with Crippen LogP contribution in [0.4, 0.5) is 10.1 Å². The van der Waals surface area contributed by atoms with Crippen molar-refractivity contribution in [3.05, 3.63) is 29.6 Å². The third-order valence-corrected chi connectivity index (χ3v) is 4.08. The lowest BCUT2D eigenvalue weighted by Gasteiger charge is -2.38. The lowest BCUT2D eigenvalue weighted by molar-refractivity contribution is -0.134. The zero-order valence-corrected chi connectivity index (χ0v) is 11.5. The van der Waals surface area contributed by atoms with Gasteiger partial charge in [-0.1, -0.05) is 0 Å². The topological polar surface area (TPSA) is 49.4 Å². The van der Waals surface area contributed by atoms with Crippen molar-refractivity contribution in [1.29, 1.82) is 0 Å². The number of nitrogens with one attached hydrogen (secondary N) is 1. The van der Waals surface area contributed by atoms with E-state index in [0.29, 0.717) is 11.3 Å². The van der Waals surface area contributed by atoms with Crippen LogP contribution in [0.3, 0.4) is 0 Å². The van der Waals surface area contributed by atoms with Gasteiger partial charge in [0.15, 0.2) is 0 Å². The molecule has 5 heteroatoms. The van der Waals surface area contributed by atoms with Gasteiger partial charge in [-0.2, -0.15) is 0 Å². The largest absolute Gasteiger partial charge is 0.342 e. The third kappa shape index (κ3) is 2.07. The normalized spacial score (nSPS) is 26.6. The van der Waals surface area contributed by atoms with E-state index in [1.807, 2.05) is 0 Å². The van der Waals surface area contributed by atoms with Gasteiger partial charge in [-0.05, 0) is 56.4 Å². The van der Waals surface area contributed by atoms with Crippen LogP contribution >= 0.6 is 0 Å². The van der Waals surface area contributed by atoms with E-state index in [-0.39, 0.29) is 23.5 Å². The van der Waals surface area contributed by atoms with Crippen LogP contribution in [0.2, 0.25) is 0 Å².